The summed E-state index contributed by atoms with van der Waals surface area (Å²) in [5, 5.41) is 0. The second kappa shape index (κ2) is 6.20. The van der Waals surface area contributed by atoms with Gasteiger partial charge in [0.1, 0.15) is 5.82 Å². The Kier molecular flexibility index (Phi) is 3.94. The Bertz CT molecular complexity index is 627. The lowest BCUT2D eigenvalue weighted by Gasteiger charge is -2.36. The molecule has 106 valence electrons. The highest BCUT2D eigenvalue weighted by molar-refractivity contribution is 5.56. The summed E-state index contributed by atoms with van der Waals surface area (Å²) in [7, 11) is 0. The summed E-state index contributed by atoms with van der Waals surface area (Å²) in [5.41, 5.74) is 1.79. The van der Waals surface area contributed by atoms with Crippen LogP contribution in [-0.4, -0.2) is 37.2 Å². The summed E-state index contributed by atoms with van der Waals surface area (Å²) in [4.78, 5) is 22.8. The Morgan fingerprint density at radius 2 is 1.67 bits per heavy atom. The van der Waals surface area contributed by atoms with Gasteiger partial charge in [0.25, 0.3) is 0 Å². The van der Waals surface area contributed by atoms with Crippen molar-refractivity contribution in [2.45, 2.75) is 0 Å². The number of hydrogen-bond acceptors (Lipinski definition) is 5. The largest absolute Gasteiger partial charge is 0.368 e. The number of pyridine rings is 1. The molecule has 0 atom stereocenters. The molecule has 3 rings (SSSR count). The third-order valence-electron chi connectivity index (χ3n) is 3.64. The lowest BCUT2D eigenvalue weighted by Crippen LogP contribution is -2.46. The molecule has 1 aromatic heterocycles. The molecule has 2 aromatic rings. The van der Waals surface area contributed by atoms with Crippen LogP contribution in [0.5, 0.6) is 0 Å². The highest BCUT2D eigenvalue weighted by Crippen LogP contribution is 2.22. The minimum absolute atomic E-state index is 0.640. The van der Waals surface area contributed by atoms with Crippen LogP contribution in [0.25, 0.3) is 0 Å². The first-order valence-corrected chi connectivity index (χ1v) is 6.96. The molecule has 21 heavy (non-hydrogen) atoms. The fraction of sp³-hybridized carbons (Fsp3) is 0.250. The van der Waals surface area contributed by atoms with E-state index in [4.69, 9.17) is 0 Å². The van der Waals surface area contributed by atoms with Gasteiger partial charge in [-0.3, -0.25) is 0 Å². The van der Waals surface area contributed by atoms with Gasteiger partial charge in [-0.1, -0.05) is 6.07 Å². The van der Waals surface area contributed by atoms with Crippen LogP contribution in [0.3, 0.4) is 0 Å². The summed E-state index contributed by atoms with van der Waals surface area (Å²) in [6, 6.07) is 13.7. The second-order valence-corrected chi connectivity index (χ2v) is 4.88. The fourth-order valence-corrected chi connectivity index (χ4v) is 2.53. The molecule has 0 N–H and O–H groups in total. The molecule has 0 radical (unpaired) electrons. The van der Waals surface area contributed by atoms with Crippen LogP contribution in [0, 0.1) is 0 Å². The van der Waals surface area contributed by atoms with E-state index in [-0.39, 0.29) is 0 Å². The predicted octanol–water partition coefficient (Wildman–Crippen LogP) is 2.38. The molecule has 5 heteroatoms. The predicted molar refractivity (Wildman–Crippen MR) is 82.9 cm³/mol. The molecular formula is C16H16N4O. The van der Waals surface area contributed by atoms with Crippen molar-refractivity contribution in [1.82, 2.24) is 4.98 Å². The lowest BCUT2D eigenvalue weighted by molar-refractivity contribution is 0.565. The van der Waals surface area contributed by atoms with Gasteiger partial charge in [-0.05, 0) is 36.4 Å². The average Bonchev–Trinajstić information content (AvgIpc) is 2.57. The van der Waals surface area contributed by atoms with Crippen LogP contribution in [0.1, 0.15) is 0 Å². The molecule has 1 fully saturated rings. The summed E-state index contributed by atoms with van der Waals surface area (Å²) in [6.07, 6.45) is 3.38. The average molecular weight is 280 g/mol. The van der Waals surface area contributed by atoms with Gasteiger partial charge in [0.2, 0.25) is 6.08 Å². The molecule has 5 nitrogen and oxygen atoms in total. The summed E-state index contributed by atoms with van der Waals surface area (Å²) < 4.78 is 0. The summed E-state index contributed by atoms with van der Waals surface area (Å²) in [6.45, 7) is 3.80. The highest BCUT2D eigenvalue weighted by atomic mass is 16.1. The van der Waals surface area contributed by atoms with Crippen LogP contribution >= 0.6 is 0 Å². The minimum Gasteiger partial charge on any atom is -0.368 e. The van der Waals surface area contributed by atoms with Crippen LogP contribution in [0.15, 0.2) is 53.7 Å². The number of aromatic nitrogens is 1. The molecule has 1 aromatic carbocycles. The number of anilines is 2. The maximum absolute atomic E-state index is 10.2. The Labute approximate surface area is 123 Å². The molecule has 0 spiro atoms. The number of piperazine rings is 1. The maximum Gasteiger partial charge on any atom is 0.240 e. The number of carbonyl (C=O) groups excluding carboxylic acids is 1. The lowest BCUT2D eigenvalue weighted by atomic mass is 10.2. The van der Waals surface area contributed by atoms with Gasteiger partial charge in [0.05, 0.1) is 5.69 Å². The van der Waals surface area contributed by atoms with Crippen molar-refractivity contribution in [3.8, 4) is 0 Å². The zero-order valence-corrected chi connectivity index (χ0v) is 11.6. The first-order valence-electron chi connectivity index (χ1n) is 6.96. The van der Waals surface area contributed by atoms with Gasteiger partial charge < -0.3 is 9.80 Å². The van der Waals surface area contributed by atoms with Crippen molar-refractivity contribution in [2.24, 2.45) is 4.99 Å². The molecule has 0 bridgehead atoms. The Balaban J connectivity index is 1.64. The number of isocyanates is 1. The SMILES string of the molecule is O=C=Nc1ccc(N2CCN(c3ccccn3)CC2)cc1. The van der Waals surface area contributed by atoms with Gasteiger partial charge in [-0.2, -0.15) is 4.99 Å². The first-order chi connectivity index (χ1) is 10.4. The number of benzene rings is 1. The van der Waals surface area contributed by atoms with Gasteiger partial charge in [-0.25, -0.2) is 9.78 Å². The van der Waals surface area contributed by atoms with E-state index in [1.165, 1.54) is 0 Å². The van der Waals surface area contributed by atoms with E-state index in [1.54, 1.807) is 6.08 Å². The molecular weight excluding hydrogens is 264 g/mol. The highest BCUT2D eigenvalue weighted by Gasteiger charge is 2.17. The monoisotopic (exact) mass is 280 g/mol. The molecule has 1 aliphatic rings. The van der Waals surface area contributed by atoms with Crippen molar-refractivity contribution in [3.05, 3.63) is 48.7 Å². The first kappa shape index (κ1) is 13.3. The summed E-state index contributed by atoms with van der Waals surface area (Å²) in [5.74, 6) is 1.04. The standard InChI is InChI=1S/C16H16N4O/c21-13-18-14-4-6-15(7-5-14)19-9-11-20(12-10-19)16-3-1-2-8-17-16/h1-8H,9-12H2. The van der Waals surface area contributed by atoms with Gasteiger partial charge >= 0.3 is 0 Å². The number of rotatable bonds is 3. The van der Waals surface area contributed by atoms with Crippen molar-refractivity contribution in [3.63, 3.8) is 0 Å². The third-order valence-corrected chi connectivity index (χ3v) is 3.64. The molecule has 0 aliphatic carbocycles. The molecule has 1 saturated heterocycles. The number of nitrogens with zero attached hydrogens (tertiary/aromatic N) is 4. The van der Waals surface area contributed by atoms with Crippen molar-refractivity contribution in [2.75, 3.05) is 36.0 Å². The van der Waals surface area contributed by atoms with E-state index in [1.807, 2.05) is 48.7 Å². The van der Waals surface area contributed by atoms with E-state index in [0.717, 1.165) is 37.7 Å². The minimum atomic E-state index is 0.640. The van der Waals surface area contributed by atoms with Crippen LogP contribution in [0.4, 0.5) is 17.2 Å². The number of aliphatic imine (C=N–C) groups is 1. The van der Waals surface area contributed by atoms with E-state index in [0.29, 0.717) is 5.69 Å². The normalized spacial score (nSPS) is 14.7. The zero-order valence-electron chi connectivity index (χ0n) is 11.6. The van der Waals surface area contributed by atoms with Crippen molar-refractivity contribution in [1.29, 1.82) is 0 Å². The van der Waals surface area contributed by atoms with E-state index in [2.05, 4.69) is 19.8 Å². The maximum atomic E-state index is 10.2. The van der Waals surface area contributed by atoms with Gasteiger partial charge in [0.15, 0.2) is 0 Å². The molecule has 2 heterocycles. The smallest absolute Gasteiger partial charge is 0.240 e. The molecule has 1 aliphatic heterocycles. The van der Waals surface area contributed by atoms with Crippen molar-refractivity contribution < 1.29 is 4.79 Å². The number of hydrogen-bond donors (Lipinski definition) is 0. The third kappa shape index (κ3) is 3.09. The van der Waals surface area contributed by atoms with E-state index in [9.17, 15) is 4.79 Å². The zero-order chi connectivity index (χ0) is 14.5. The Morgan fingerprint density at radius 3 is 2.29 bits per heavy atom. The van der Waals surface area contributed by atoms with Crippen LogP contribution in [-0.2, 0) is 4.79 Å². The van der Waals surface area contributed by atoms with Crippen molar-refractivity contribution >= 4 is 23.3 Å². The topological polar surface area (TPSA) is 48.8 Å². The summed E-state index contributed by atoms with van der Waals surface area (Å²) >= 11 is 0. The van der Waals surface area contributed by atoms with E-state index >= 15 is 0 Å². The quantitative estimate of drug-likeness (QED) is 0.640. The second-order valence-electron chi connectivity index (χ2n) is 4.88. The van der Waals surface area contributed by atoms with Gasteiger partial charge in [-0.15, -0.1) is 0 Å². The molecule has 0 amide bonds. The van der Waals surface area contributed by atoms with Gasteiger partial charge in [0, 0.05) is 38.1 Å². The Morgan fingerprint density at radius 1 is 0.952 bits per heavy atom. The molecule has 0 unspecified atom stereocenters. The van der Waals surface area contributed by atoms with E-state index < -0.39 is 0 Å². The van der Waals surface area contributed by atoms with Crippen LogP contribution < -0.4 is 9.80 Å². The Hall–Kier alpha value is -2.65. The fourth-order valence-electron chi connectivity index (χ4n) is 2.53. The van der Waals surface area contributed by atoms with Crippen LogP contribution in [0.2, 0.25) is 0 Å². The molecule has 0 saturated carbocycles.